The molecule has 5 heteroatoms. The van der Waals surface area contributed by atoms with Crippen LogP contribution in [0.4, 0.5) is 0 Å². The number of H-pyrrole nitrogens is 1. The SMILES string of the molecule is NCc1cc2[nH]cnc2c(C2CCCN2)n1. The monoisotopic (exact) mass is 217 g/mol. The lowest BCUT2D eigenvalue weighted by molar-refractivity contribution is 0.629. The molecule has 1 aliphatic rings. The zero-order valence-electron chi connectivity index (χ0n) is 9.03. The van der Waals surface area contributed by atoms with Crippen molar-refractivity contribution in [1.29, 1.82) is 0 Å². The van der Waals surface area contributed by atoms with Crippen molar-refractivity contribution in [2.75, 3.05) is 6.54 Å². The summed E-state index contributed by atoms with van der Waals surface area (Å²) in [6.07, 6.45) is 4.04. The molecule has 0 saturated carbocycles. The number of pyridine rings is 1. The van der Waals surface area contributed by atoms with E-state index >= 15 is 0 Å². The number of aromatic nitrogens is 3. The average Bonchev–Trinajstić information content (AvgIpc) is 2.98. The minimum atomic E-state index is 0.331. The van der Waals surface area contributed by atoms with Crippen molar-refractivity contribution in [3.8, 4) is 0 Å². The first-order valence-corrected chi connectivity index (χ1v) is 5.65. The molecule has 4 N–H and O–H groups in total. The molecule has 1 fully saturated rings. The van der Waals surface area contributed by atoms with E-state index in [9.17, 15) is 0 Å². The van der Waals surface area contributed by atoms with Crippen LogP contribution in [0.3, 0.4) is 0 Å². The number of nitrogens with one attached hydrogen (secondary N) is 2. The molecule has 0 aromatic carbocycles. The Hall–Kier alpha value is -1.46. The first-order valence-electron chi connectivity index (χ1n) is 5.65. The summed E-state index contributed by atoms with van der Waals surface area (Å²) >= 11 is 0. The second-order valence-electron chi connectivity index (χ2n) is 4.15. The van der Waals surface area contributed by atoms with Gasteiger partial charge in [0.2, 0.25) is 0 Å². The van der Waals surface area contributed by atoms with E-state index in [2.05, 4.69) is 20.3 Å². The molecule has 0 radical (unpaired) electrons. The van der Waals surface area contributed by atoms with Crippen molar-refractivity contribution >= 4 is 11.0 Å². The maximum Gasteiger partial charge on any atom is 0.111 e. The van der Waals surface area contributed by atoms with Gasteiger partial charge < -0.3 is 16.0 Å². The summed E-state index contributed by atoms with van der Waals surface area (Å²) in [7, 11) is 0. The maximum atomic E-state index is 5.66. The Kier molecular flexibility index (Phi) is 2.34. The molecular formula is C11H15N5. The van der Waals surface area contributed by atoms with Crippen LogP contribution in [0.15, 0.2) is 12.4 Å². The first kappa shape index (κ1) is 9.74. The highest BCUT2D eigenvalue weighted by Gasteiger charge is 2.21. The molecule has 1 unspecified atom stereocenters. The predicted octanol–water partition coefficient (Wildman–Crippen LogP) is 0.841. The van der Waals surface area contributed by atoms with Crippen LogP contribution in [0.25, 0.3) is 11.0 Å². The van der Waals surface area contributed by atoms with Crippen LogP contribution in [0, 0.1) is 0 Å². The van der Waals surface area contributed by atoms with Crippen molar-refractivity contribution in [1.82, 2.24) is 20.3 Å². The highest BCUT2D eigenvalue weighted by atomic mass is 15.0. The van der Waals surface area contributed by atoms with Crippen molar-refractivity contribution in [2.24, 2.45) is 5.73 Å². The number of aromatic amines is 1. The Morgan fingerprint density at radius 2 is 2.44 bits per heavy atom. The van der Waals surface area contributed by atoms with Gasteiger partial charge in [-0.15, -0.1) is 0 Å². The lowest BCUT2D eigenvalue weighted by Gasteiger charge is -2.11. The van der Waals surface area contributed by atoms with Crippen LogP contribution in [0.5, 0.6) is 0 Å². The highest BCUT2D eigenvalue weighted by Crippen LogP contribution is 2.26. The minimum Gasteiger partial charge on any atom is -0.344 e. The van der Waals surface area contributed by atoms with Gasteiger partial charge in [0.1, 0.15) is 5.52 Å². The van der Waals surface area contributed by atoms with E-state index < -0.39 is 0 Å². The third-order valence-electron chi connectivity index (χ3n) is 3.09. The fourth-order valence-corrected chi connectivity index (χ4v) is 2.29. The van der Waals surface area contributed by atoms with E-state index in [0.29, 0.717) is 12.6 Å². The Morgan fingerprint density at radius 3 is 3.19 bits per heavy atom. The minimum absolute atomic E-state index is 0.331. The molecule has 1 aliphatic heterocycles. The number of hydrogen-bond donors (Lipinski definition) is 3. The third kappa shape index (κ3) is 1.48. The summed E-state index contributed by atoms with van der Waals surface area (Å²) < 4.78 is 0. The number of nitrogens with zero attached hydrogens (tertiary/aromatic N) is 2. The van der Waals surface area contributed by atoms with Crippen LogP contribution >= 0.6 is 0 Å². The van der Waals surface area contributed by atoms with Gasteiger partial charge in [-0.2, -0.15) is 0 Å². The molecule has 0 amide bonds. The zero-order chi connectivity index (χ0) is 11.0. The standard InChI is InChI=1S/C11H15N5/c12-5-7-4-9-10(15-6-14-9)11(16-7)8-2-1-3-13-8/h4,6,8,13H,1-3,5,12H2,(H,14,15). The van der Waals surface area contributed by atoms with Gasteiger partial charge >= 0.3 is 0 Å². The summed E-state index contributed by atoms with van der Waals surface area (Å²) in [5.74, 6) is 0. The molecule has 3 rings (SSSR count). The summed E-state index contributed by atoms with van der Waals surface area (Å²) in [6.45, 7) is 1.53. The van der Waals surface area contributed by atoms with Gasteiger partial charge in [-0.1, -0.05) is 0 Å². The van der Waals surface area contributed by atoms with Gasteiger partial charge in [-0.05, 0) is 25.5 Å². The molecule has 84 valence electrons. The van der Waals surface area contributed by atoms with Crippen LogP contribution in [-0.4, -0.2) is 21.5 Å². The van der Waals surface area contributed by atoms with Crippen molar-refractivity contribution in [3.05, 3.63) is 23.8 Å². The molecule has 2 aromatic heterocycles. The Bertz CT molecular complexity index is 498. The van der Waals surface area contributed by atoms with Gasteiger partial charge in [-0.3, -0.25) is 4.98 Å². The predicted molar refractivity (Wildman–Crippen MR) is 61.8 cm³/mol. The van der Waals surface area contributed by atoms with Crippen LogP contribution in [0.2, 0.25) is 0 Å². The van der Waals surface area contributed by atoms with Gasteiger partial charge in [0.25, 0.3) is 0 Å². The largest absolute Gasteiger partial charge is 0.344 e. The average molecular weight is 217 g/mol. The van der Waals surface area contributed by atoms with E-state index in [4.69, 9.17) is 5.73 Å². The summed E-state index contributed by atoms with van der Waals surface area (Å²) in [5.41, 5.74) is 9.61. The summed E-state index contributed by atoms with van der Waals surface area (Å²) in [4.78, 5) is 12.1. The van der Waals surface area contributed by atoms with Crippen molar-refractivity contribution in [2.45, 2.75) is 25.4 Å². The molecular weight excluding hydrogens is 202 g/mol. The van der Waals surface area contributed by atoms with Crippen molar-refractivity contribution in [3.63, 3.8) is 0 Å². The number of hydrogen-bond acceptors (Lipinski definition) is 4. The Labute approximate surface area is 93.5 Å². The Morgan fingerprint density at radius 1 is 1.50 bits per heavy atom. The number of rotatable bonds is 2. The molecule has 16 heavy (non-hydrogen) atoms. The molecule has 0 spiro atoms. The van der Waals surface area contributed by atoms with Crippen molar-refractivity contribution < 1.29 is 0 Å². The highest BCUT2D eigenvalue weighted by molar-refractivity contribution is 5.77. The van der Waals surface area contributed by atoms with Crippen LogP contribution in [-0.2, 0) is 6.54 Å². The molecule has 1 saturated heterocycles. The van der Waals surface area contributed by atoms with E-state index in [0.717, 1.165) is 35.4 Å². The van der Waals surface area contributed by atoms with Crippen LogP contribution in [0.1, 0.15) is 30.3 Å². The molecule has 0 aliphatic carbocycles. The van der Waals surface area contributed by atoms with E-state index in [1.165, 1.54) is 6.42 Å². The topological polar surface area (TPSA) is 79.6 Å². The fourth-order valence-electron chi connectivity index (χ4n) is 2.29. The zero-order valence-corrected chi connectivity index (χ0v) is 9.03. The maximum absolute atomic E-state index is 5.66. The normalized spacial score (nSPS) is 20.7. The number of nitrogens with two attached hydrogens (primary N) is 1. The van der Waals surface area contributed by atoms with Gasteiger partial charge in [0, 0.05) is 6.54 Å². The second kappa shape index (κ2) is 3.84. The first-order chi connectivity index (χ1) is 7.88. The van der Waals surface area contributed by atoms with E-state index in [-0.39, 0.29) is 0 Å². The third-order valence-corrected chi connectivity index (χ3v) is 3.09. The molecule has 3 heterocycles. The lowest BCUT2D eigenvalue weighted by Crippen LogP contribution is -2.16. The van der Waals surface area contributed by atoms with Crippen LogP contribution < -0.4 is 11.1 Å². The van der Waals surface area contributed by atoms with Gasteiger partial charge in [-0.25, -0.2) is 4.98 Å². The lowest BCUT2D eigenvalue weighted by atomic mass is 10.1. The Balaban J connectivity index is 2.15. The summed E-state index contributed by atoms with van der Waals surface area (Å²) in [6, 6.07) is 2.30. The molecule has 5 nitrogen and oxygen atoms in total. The van der Waals surface area contributed by atoms with E-state index in [1.807, 2.05) is 6.07 Å². The second-order valence-corrected chi connectivity index (χ2v) is 4.15. The number of imidazole rings is 1. The summed E-state index contributed by atoms with van der Waals surface area (Å²) in [5, 5.41) is 3.45. The number of fused-ring (bicyclic) bond motifs is 1. The smallest absolute Gasteiger partial charge is 0.111 e. The van der Waals surface area contributed by atoms with E-state index in [1.54, 1.807) is 6.33 Å². The molecule has 2 aromatic rings. The fraction of sp³-hybridized carbons (Fsp3) is 0.455. The van der Waals surface area contributed by atoms with Gasteiger partial charge in [0.05, 0.1) is 29.3 Å². The quantitative estimate of drug-likeness (QED) is 0.696. The molecule has 1 atom stereocenters. The molecule has 0 bridgehead atoms. The van der Waals surface area contributed by atoms with Gasteiger partial charge in [0.15, 0.2) is 0 Å².